The summed E-state index contributed by atoms with van der Waals surface area (Å²) in [5, 5.41) is 4.19. The van der Waals surface area contributed by atoms with Gasteiger partial charge in [0, 0.05) is 28.9 Å². The number of rotatable bonds is 11. The SMILES string of the molecule is CCCNC(=O)[C@H](CC)N(Cc1ccccc1Cl)C(=O)CSCc1cccc(Cl)c1. The third-order valence-corrected chi connectivity index (χ3v) is 6.21. The molecule has 0 heterocycles. The van der Waals surface area contributed by atoms with E-state index in [0.29, 0.717) is 35.3 Å². The molecule has 0 unspecified atom stereocenters. The van der Waals surface area contributed by atoms with Crippen LogP contribution in [0, 0.1) is 0 Å². The second-order valence-electron chi connectivity index (χ2n) is 6.95. The number of nitrogens with one attached hydrogen (secondary N) is 1. The lowest BCUT2D eigenvalue weighted by atomic mass is 10.1. The van der Waals surface area contributed by atoms with Crippen LogP contribution < -0.4 is 5.32 Å². The minimum atomic E-state index is -0.535. The lowest BCUT2D eigenvalue weighted by molar-refractivity contribution is -0.139. The molecule has 0 spiro atoms. The number of carbonyl (C=O) groups is 2. The maximum atomic E-state index is 13.2. The second-order valence-corrected chi connectivity index (χ2v) is 8.78. The molecule has 0 aliphatic rings. The maximum absolute atomic E-state index is 13.2. The smallest absolute Gasteiger partial charge is 0.242 e. The molecule has 30 heavy (non-hydrogen) atoms. The molecule has 0 aromatic heterocycles. The highest BCUT2D eigenvalue weighted by atomic mass is 35.5. The van der Waals surface area contributed by atoms with Crippen molar-refractivity contribution in [1.29, 1.82) is 0 Å². The van der Waals surface area contributed by atoms with Crippen LogP contribution in [-0.4, -0.2) is 35.1 Å². The van der Waals surface area contributed by atoms with Crippen molar-refractivity contribution in [3.05, 3.63) is 69.7 Å². The van der Waals surface area contributed by atoms with E-state index in [1.807, 2.05) is 56.3 Å². The van der Waals surface area contributed by atoms with Gasteiger partial charge in [-0.1, -0.05) is 67.4 Å². The van der Waals surface area contributed by atoms with Gasteiger partial charge in [0.05, 0.1) is 5.75 Å². The van der Waals surface area contributed by atoms with E-state index in [0.717, 1.165) is 17.5 Å². The highest BCUT2D eigenvalue weighted by Gasteiger charge is 2.28. The van der Waals surface area contributed by atoms with Crippen molar-refractivity contribution in [2.24, 2.45) is 0 Å². The third-order valence-electron chi connectivity index (χ3n) is 4.62. The Hall–Kier alpha value is -1.69. The zero-order chi connectivity index (χ0) is 21.9. The molecule has 0 saturated carbocycles. The van der Waals surface area contributed by atoms with Crippen molar-refractivity contribution < 1.29 is 9.59 Å². The summed E-state index contributed by atoms with van der Waals surface area (Å²) in [6, 6.07) is 14.5. The number of carbonyl (C=O) groups excluding carboxylic acids is 2. The van der Waals surface area contributed by atoms with E-state index in [1.165, 1.54) is 11.8 Å². The Kier molecular flexibility index (Phi) is 10.6. The fraction of sp³-hybridized carbons (Fsp3) is 0.391. The van der Waals surface area contributed by atoms with Crippen LogP contribution in [0.5, 0.6) is 0 Å². The molecule has 2 aromatic carbocycles. The van der Waals surface area contributed by atoms with Crippen LogP contribution in [0.15, 0.2) is 48.5 Å². The summed E-state index contributed by atoms with van der Waals surface area (Å²) in [5.74, 6) is 0.736. The highest BCUT2D eigenvalue weighted by molar-refractivity contribution is 7.99. The molecule has 2 aromatic rings. The number of hydrogen-bond donors (Lipinski definition) is 1. The van der Waals surface area contributed by atoms with E-state index in [9.17, 15) is 9.59 Å². The molecule has 162 valence electrons. The summed E-state index contributed by atoms with van der Waals surface area (Å²) < 4.78 is 0. The van der Waals surface area contributed by atoms with Gasteiger partial charge in [0.2, 0.25) is 11.8 Å². The Labute approximate surface area is 193 Å². The third kappa shape index (κ3) is 7.53. The highest BCUT2D eigenvalue weighted by Crippen LogP contribution is 2.22. The molecule has 1 atom stereocenters. The zero-order valence-electron chi connectivity index (χ0n) is 17.4. The molecule has 0 aliphatic heterocycles. The van der Waals surface area contributed by atoms with Crippen molar-refractivity contribution in [2.75, 3.05) is 12.3 Å². The molecule has 0 aliphatic carbocycles. The Morgan fingerprint density at radius 1 is 1.10 bits per heavy atom. The van der Waals surface area contributed by atoms with Crippen LogP contribution in [0.1, 0.15) is 37.8 Å². The summed E-state index contributed by atoms with van der Waals surface area (Å²) in [4.78, 5) is 27.5. The summed E-state index contributed by atoms with van der Waals surface area (Å²) >= 11 is 13.9. The molecule has 0 bridgehead atoms. The molecule has 2 amide bonds. The van der Waals surface area contributed by atoms with E-state index >= 15 is 0 Å². The number of halogens is 2. The van der Waals surface area contributed by atoms with Crippen LogP contribution in [0.2, 0.25) is 10.0 Å². The van der Waals surface area contributed by atoms with E-state index in [-0.39, 0.29) is 17.6 Å². The lowest BCUT2D eigenvalue weighted by Gasteiger charge is -2.31. The minimum Gasteiger partial charge on any atom is -0.354 e. The molecule has 0 radical (unpaired) electrons. The first-order valence-electron chi connectivity index (χ1n) is 10.1. The van der Waals surface area contributed by atoms with Gasteiger partial charge in [-0.15, -0.1) is 11.8 Å². The van der Waals surface area contributed by atoms with Gasteiger partial charge in [0.25, 0.3) is 0 Å². The van der Waals surface area contributed by atoms with Gasteiger partial charge in [-0.05, 0) is 42.2 Å². The van der Waals surface area contributed by atoms with Crippen molar-refractivity contribution in [3.8, 4) is 0 Å². The minimum absolute atomic E-state index is 0.0829. The number of hydrogen-bond acceptors (Lipinski definition) is 3. The molecule has 4 nitrogen and oxygen atoms in total. The Balaban J connectivity index is 2.12. The van der Waals surface area contributed by atoms with Crippen molar-refractivity contribution in [1.82, 2.24) is 10.2 Å². The van der Waals surface area contributed by atoms with Gasteiger partial charge in [0.1, 0.15) is 6.04 Å². The normalized spacial score (nSPS) is 11.7. The van der Waals surface area contributed by atoms with Gasteiger partial charge >= 0.3 is 0 Å². The predicted octanol–water partition coefficient (Wildman–Crippen LogP) is 5.56. The second kappa shape index (κ2) is 12.9. The molecule has 0 saturated heterocycles. The van der Waals surface area contributed by atoms with E-state index in [4.69, 9.17) is 23.2 Å². The zero-order valence-corrected chi connectivity index (χ0v) is 19.7. The van der Waals surface area contributed by atoms with Crippen LogP contribution in [0.4, 0.5) is 0 Å². The molecule has 2 rings (SSSR count). The van der Waals surface area contributed by atoms with Crippen LogP contribution in [0.3, 0.4) is 0 Å². The van der Waals surface area contributed by atoms with Gasteiger partial charge in [-0.2, -0.15) is 0 Å². The monoisotopic (exact) mass is 466 g/mol. The predicted molar refractivity (Wildman–Crippen MR) is 127 cm³/mol. The Morgan fingerprint density at radius 2 is 1.87 bits per heavy atom. The standard InChI is InChI=1S/C23H28Cl2N2O2S/c1-3-12-26-23(29)21(4-2)27(14-18-9-5-6-11-20(18)25)22(28)16-30-15-17-8-7-10-19(24)13-17/h5-11,13,21H,3-4,12,14-16H2,1-2H3,(H,26,29)/t21-/m0/s1. The van der Waals surface area contributed by atoms with Crippen LogP contribution >= 0.6 is 35.0 Å². The first kappa shape index (κ1) is 24.6. The average molecular weight is 467 g/mol. The van der Waals surface area contributed by atoms with Crippen molar-refractivity contribution in [2.45, 2.75) is 45.0 Å². The van der Waals surface area contributed by atoms with Gasteiger partial charge in [-0.25, -0.2) is 0 Å². The fourth-order valence-electron chi connectivity index (χ4n) is 3.06. The quantitative estimate of drug-likeness (QED) is 0.471. The number of benzene rings is 2. The lowest BCUT2D eigenvalue weighted by Crippen LogP contribution is -2.49. The Morgan fingerprint density at radius 3 is 2.53 bits per heavy atom. The topological polar surface area (TPSA) is 49.4 Å². The number of amides is 2. The summed E-state index contributed by atoms with van der Waals surface area (Å²) in [6.45, 7) is 4.81. The molecule has 0 fully saturated rings. The van der Waals surface area contributed by atoms with E-state index in [2.05, 4.69) is 5.32 Å². The summed E-state index contributed by atoms with van der Waals surface area (Å²) in [7, 11) is 0. The largest absolute Gasteiger partial charge is 0.354 e. The number of nitrogens with zero attached hydrogens (tertiary/aromatic N) is 1. The van der Waals surface area contributed by atoms with Crippen molar-refractivity contribution >= 4 is 46.8 Å². The molecular formula is C23H28Cl2N2O2S. The molecule has 1 N–H and O–H groups in total. The average Bonchev–Trinajstić information content (AvgIpc) is 2.73. The van der Waals surface area contributed by atoms with E-state index < -0.39 is 6.04 Å². The summed E-state index contributed by atoms with van der Waals surface area (Å²) in [5.41, 5.74) is 1.89. The summed E-state index contributed by atoms with van der Waals surface area (Å²) in [6.07, 6.45) is 1.38. The molecular weight excluding hydrogens is 439 g/mol. The van der Waals surface area contributed by atoms with Gasteiger partial charge < -0.3 is 10.2 Å². The molecule has 7 heteroatoms. The van der Waals surface area contributed by atoms with Crippen LogP contribution in [-0.2, 0) is 21.9 Å². The fourth-order valence-corrected chi connectivity index (χ4v) is 4.33. The van der Waals surface area contributed by atoms with Crippen molar-refractivity contribution in [3.63, 3.8) is 0 Å². The van der Waals surface area contributed by atoms with E-state index in [1.54, 1.807) is 11.0 Å². The maximum Gasteiger partial charge on any atom is 0.242 e. The first-order valence-corrected chi connectivity index (χ1v) is 12.0. The first-order chi connectivity index (χ1) is 14.5. The van der Waals surface area contributed by atoms with Gasteiger partial charge in [-0.3, -0.25) is 9.59 Å². The van der Waals surface area contributed by atoms with Crippen LogP contribution in [0.25, 0.3) is 0 Å². The van der Waals surface area contributed by atoms with Gasteiger partial charge in [0.15, 0.2) is 0 Å². The number of thioether (sulfide) groups is 1. The Bertz CT molecular complexity index is 847.